The SMILES string of the molecule is CCCCC/C=C\C/C=C\CCCCCCCCCCCC(=O)OC(CO/C=C\CCCCCCCC/C=C\CCCCCC)COP(=O)([O-])OCC[N+](C)(C)C. The second-order valence-corrected chi connectivity index (χ2v) is 18.2. The molecule has 0 aliphatic carbocycles. The van der Waals surface area contributed by atoms with E-state index in [1.807, 2.05) is 27.2 Å². The van der Waals surface area contributed by atoms with E-state index >= 15 is 0 Å². The number of carbonyl (C=O) groups is 1. The fourth-order valence-corrected chi connectivity index (χ4v) is 6.97. The van der Waals surface area contributed by atoms with E-state index in [-0.39, 0.29) is 25.8 Å². The van der Waals surface area contributed by atoms with Crippen molar-refractivity contribution in [3.63, 3.8) is 0 Å². The summed E-state index contributed by atoms with van der Waals surface area (Å²) in [6.45, 7) is 4.69. The van der Waals surface area contributed by atoms with Gasteiger partial charge in [0.2, 0.25) is 0 Å². The van der Waals surface area contributed by atoms with Crippen molar-refractivity contribution in [3.05, 3.63) is 48.8 Å². The van der Waals surface area contributed by atoms with Gasteiger partial charge in [-0.3, -0.25) is 9.36 Å². The molecule has 0 heterocycles. The molecule has 0 spiro atoms. The molecule has 0 saturated heterocycles. The number of allylic oxidation sites excluding steroid dienone is 7. The highest BCUT2D eigenvalue weighted by Gasteiger charge is 2.20. The van der Waals surface area contributed by atoms with Crippen LogP contribution in [0.15, 0.2) is 48.8 Å². The third-order valence-electron chi connectivity index (χ3n) is 9.92. The lowest BCUT2D eigenvalue weighted by molar-refractivity contribution is -0.870. The number of unbranched alkanes of at least 4 members (excludes halogenated alkanes) is 23. The molecule has 0 amide bonds. The van der Waals surface area contributed by atoms with E-state index in [0.717, 1.165) is 38.5 Å². The molecule has 2 unspecified atom stereocenters. The number of phosphoric acid groups is 1. The van der Waals surface area contributed by atoms with Crippen LogP contribution in [0.1, 0.15) is 200 Å². The Kier molecular flexibility index (Phi) is 39.8. The van der Waals surface area contributed by atoms with E-state index in [0.29, 0.717) is 17.4 Å². The van der Waals surface area contributed by atoms with Gasteiger partial charge in [-0.1, -0.05) is 153 Å². The van der Waals surface area contributed by atoms with Gasteiger partial charge in [-0.05, 0) is 83.1 Å². The number of phosphoric ester groups is 1. The summed E-state index contributed by atoms with van der Waals surface area (Å²) in [4.78, 5) is 25.1. The van der Waals surface area contributed by atoms with E-state index < -0.39 is 13.9 Å². The Hall–Kier alpha value is -1.70. The smallest absolute Gasteiger partial charge is 0.306 e. The zero-order valence-corrected chi connectivity index (χ0v) is 38.7. The standard InChI is InChI=1S/C48H90NO7P/c1-6-8-10-12-14-16-18-20-22-24-25-26-27-29-31-33-35-37-39-41-48(50)56-47(46-55-57(51,52)54-44-42-49(3,4)5)45-53-43-40-38-36-34-32-30-28-23-21-19-17-15-13-11-9-7-2/h14,16-17,19-20,22,40,43,47H,6-13,15,18,21,23-39,41-42,44-46H2,1-5H3/b16-14-,19-17-,22-20-,43-40-. The molecule has 0 aromatic rings. The van der Waals surface area contributed by atoms with Crippen molar-refractivity contribution in [1.29, 1.82) is 0 Å². The van der Waals surface area contributed by atoms with Gasteiger partial charge in [-0.2, -0.15) is 0 Å². The molecule has 0 aromatic carbocycles. The summed E-state index contributed by atoms with van der Waals surface area (Å²) < 4.78 is 34.4. The number of likely N-dealkylation sites (N-methyl/N-ethyl adjacent to an activating group) is 1. The Balaban J connectivity index is 4.26. The van der Waals surface area contributed by atoms with Gasteiger partial charge in [-0.25, -0.2) is 0 Å². The summed E-state index contributed by atoms with van der Waals surface area (Å²) in [5, 5.41) is 0. The van der Waals surface area contributed by atoms with Gasteiger partial charge in [0.05, 0.1) is 34.0 Å². The molecule has 0 fully saturated rings. The van der Waals surface area contributed by atoms with Gasteiger partial charge in [-0.15, -0.1) is 0 Å². The van der Waals surface area contributed by atoms with Crippen LogP contribution in [-0.2, 0) is 27.9 Å². The monoisotopic (exact) mass is 824 g/mol. The fourth-order valence-electron chi connectivity index (χ4n) is 6.24. The molecule has 0 saturated carbocycles. The third-order valence-corrected chi connectivity index (χ3v) is 10.9. The number of rotatable bonds is 43. The van der Waals surface area contributed by atoms with Crippen molar-refractivity contribution in [2.24, 2.45) is 0 Å². The highest BCUT2D eigenvalue weighted by atomic mass is 31.2. The maximum atomic E-state index is 12.7. The average molecular weight is 824 g/mol. The first-order valence-corrected chi connectivity index (χ1v) is 24.9. The van der Waals surface area contributed by atoms with Gasteiger partial charge in [0.25, 0.3) is 7.82 Å². The zero-order chi connectivity index (χ0) is 42.0. The Morgan fingerprint density at radius 3 is 1.49 bits per heavy atom. The Bertz CT molecular complexity index is 1050. The van der Waals surface area contributed by atoms with Crippen molar-refractivity contribution in [3.8, 4) is 0 Å². The second-order valence-electron chi connectivity index (χ2n) is 16.8. The molecule has 0 rings (SSSR count). The van der Waals surface area contributed by atoms with Crippen LogP contribution in [0.5, 0.6) is 0 Å². The van der Waals surface area contributed by atoms with Crippen LogP contribution in [0.2, 0.25) is 0 Å². The van der Waals surface area contributed by atoms with Crippen LogP contribution in [-0.4, -0.2) is 64.1 Å². The number of hydrogen-bond acceptors (Lipinski definition) is 7. The molecular weight excluding hydrogens is 734 g/mol. The molecule has 0 bridgehead atoms. The highest BCUT2D eigenvalue weighted by molar-refractivity contribution is 7.45. The maximum Gasteiger partial charge on any atom is 0.306 e. The van der Waals surface area contributed by atoms with Crippen LogP contribution in [0.3, 0.4) is 0 Å². The highest BCUT2D eigenvalue weighted by Crippen LogP contribution is 2.38. The lowest BCUT2D eigenvalue weighted by Crippen LogP contribution is -2.37. The quantitative estimate of drug-likeness (QED) is 0.0151. The molecule has 2 atom stereocenters. The second kappa shape index (κ2) is 41.1. The minimum absolute atomic E-state index is 0.0136. The van der Waals surface area contributed by atoms with Crippen LogP contribution in [0, 0.1) is 0 Å². The molecular formula is C48H90NO7P. The van der Waals surface area contributed by atoms with Crippen molar-refractivity contribution >= 4 is 13.8 Å². The summed E-state index contributed by atoms with van der Waals surface area (Å²) in [5.41, 5.74) is 0. The van der Waals surface area contributed by atoms with Gasteiger partial charge in [0, 0.05) is 6.42 Å². The first kappa shape index (κ1) is 55.3. The van der Waals surface area contributed by atoms with Crippen LogP contribution < -0.4 is 4.89 Å². The molecule has 0 aliphatic rings. The molecule has 0 N–H and O–H groups in total. The Morgan fingerprint density at radius 1 is 0.561 bits per heavy atom. The fraction of sp³-hybridized carbons (Fsp3) is 0.812. The summed E-state index contributed by atoms with van der Waals surface area (Å²) in [6.07, 6.45) is 50.7. The van der Waals surface area contributed by atoms with Crippen LogP contribution in [0.25, 0.3) is 0 Å². The third kappa shape index (κ3) is 45.2. The van der Waals surface area contributed by atoms with Gasteiger partial charge in [0.1, 0.15) is 19.8 Å². The number of quaternary nitrogens is 1. The molecule has 8 nitrogen and oxygen atoms in total. The van der Waals surface area contributed by atoms with Crippen molar-refractivity contribution < 1.29 is 37.3 Å². The molecule has 57 heavy (non-hydrogen) atoms. The summed E-state index contributed by atoms with van der Waals surface area (Å²) >= 11 is 0. The largest absolute Gasteiger partial charge is 0.756 e. The summed E-state index contributed by atoms with van der Waals surface area (Å²) in [5.74, 6) is -0.363. The topological polar surface area (TPSA) is 94.1 Å². The maximum absolute atomic E-state index is 12.7. The first-order chi connectivity index (χ1) is 27.6. The lowest BCUT2D eigenvalue weighted by Gasteiger charge is -2.28. The average Bonchev–Trinajstić information content (AvgIpc) is 3.16. The Labute approximate surface area is 352 Å². The number of esters is 1. The first-order valence-electron chi connectivity index (χ1n) is 23.4. The van der Waals surface area contributed by atoms with E-state index in [1.165, 1.54) is 141 Å². The van der Waals surface area contributed by atoms with Gasteiger partial charge >= 0.3 is 5.97 Å². The van der Waals surface area contributed by atoms with E-state index in [4.69, 9.17) is 18.5 Å². The van der Waals surface area contributed by atoms with E-state index in [9.17, 15) is 14.3 Å². The van der Waals surface area contributed by atoms with Crippen LogP contribution in [0.4, 0.5) is 0 Å². The van der Waals surface area contributed by atoms with Crippen molar-refractivity contribution in [1.82, 2.24) is 0 Å². The number of hydrogen-bond donors (Lipinski definition) is 0. The number of nitrogens with zero attached hydrogens (tertiary/aromatic N) is 1. The minimum atomic E-state index is -4.55. The molecule has 9 heteroatoms. The van der Waals surface area contributed by atoms with Crippen molar-refractivity contribution in [2.75, 3.05) is 47.5 Å². The number of ether oxygens (including phenoxy) is 2. The van der Waals surface area contributed by atoms with E-state index in [2.05, 4.69) is 50.3 Å². The summed E-state index contributed by atoms with van der Waals surface area (Å²) in [7, 11) is 1.32. The van der Waals surface area contributed by atoms with Gasteiger partial charge < -0.3 is 27.9 Å². The number of carbonyl (C=O) groups excluding carboxylic acids is 1. The zero-order valence-electron chi connectivity index (χ0n) is 37.8. The van der Waals surface area contributed by atoms with Gasteiger partial charge in [0.15, 0.2) is 6.10 Å². The molecule has 0 aromatic heterocycles. The summed E-state index contributed by atoms with van der Waals surface area (Å²) in [6, 6.07) is 0. The van der Waals surface area contributed by atoms with E-state index in [1.54, 1.807) is 6.26 Å². The van der Waals surface area contributed by atoms with Crippen molar-refractivity contribution in [2.45, 2.75) is 206 Å². The predicted octanol–water partition coefficient (Wildman–Crippen LogP) is 13.7. The lowest BCUT2D eigenvalue weighted by atomic mass is 10.1. The normalized spacial score (nSPS) is 14.1. The predicted molar refractivity (Wildman–Crippen MR) is 240 cm³/mol. The molecule has 0 aliphatic heterocycles. The molecule has 0 radical (unpaired) electrons. The minimum Gasteiger partial charge on any atom is -0.756 e. The Morgan fingerprint density at radius 2 is 0.982 bits per heavy atom. The van der Waals surface area contributed by atoms with Crippen LogP contribution >= 0.6 is 7.82 Å². The molecule has 334 valence electrons.